The zero-order chi connectivity index (χ0) is 18.6. The highest BCUT2D eigenvalue weighted by Gasteiger charge is 2.36. The van der Waals surface area contributed by atoms with Gasteiger partial charge in [-0.3, -0.25) is 14.4 Å². The Morgan fingerprint density at radius 3 is 2.28 bits per heavy atom. The van der Waals surface area contributed by atoms with Crippen molar-refractivity contribution in [3.8, 4) is 0 Å². The van der Waals surface area contributed by atoms with E-state index in [1.54, 1.807) is 0 Å². The van der Waals surface area contributed by atoms with Crippen LogP contribution >= 0.6 is 0 Å². The van der Waals surface area contributed by atoms with Crippen molar-refractivity contribution in [2.24, 2.45) is 17.3 Å². The molecule has 2 amide bonds. The van der Waals surface area contributed by atoms with Crippen molar-refractivity contribution in [2.45, 2.75) is 59.3 Å². The average molecular weight is 352 g/mol. The van der Waals surface area contributed by atoms with E-state index in [1.807, 2.05) is 30.6 Å². The lowest BCUT2D eigenvalue weighted by molar-refractivity contribution is -0.146. The summed E-state index contributed by atoms with van der Waals surface area (Å²) in [5.74, 6) is -0.343. The first kappa shape index (κ1) is 19.7. The van der Waals surface area contributed by atoms with Gasteiger partial charge >= 0.3 is 5.97 Å². The summed E-state index contributed by atoms with van der Waals surface area (Å²) in [5.41, 5.74) is -0.419. The highest BCUT2D eigenvalue weighted by molar-refractivity contribution is 5.84. The molecule has 25 heavy (non-hydrogen) atoms. The number of amides is 2. The van der Waals surface area contributed by atoms with Gasteiger partial charge in [0.25, 0.3) is 0 Å². The largest absolute Gasteiger partial charge is 0.481 e. The molecule has 0 aromatic heterocycles. The molecule has 0 saturated carbocycles. The van der Waals surface area contributed by atoms with E-state index in [1.165, 1.54) is 0 Å². The molecule has 2 aliphatic heterocycles. The lowest BCUT2D eigenvalue weighted by Gasteiger charge is -2.39. The molecular formula is C19H32N2O4. The molecule has 2 fully saturated rings. The molecule has 2 rings (SSSR count). The van der Waals surface area contributed by atoms with Crippen LogP contribution in [0.15, 0.2) is 0 Å². The summed E-state index contributed by atoms with van der Waals surface area (Å²) >= 11 is 0. The minimum Gasteiger partial charge on any atom is -0.481 e. The molecule has 6 heteroatoms. The van der Waals surface area contributed by atoms with E-state index in [-0.39, 0.29) is 30.1 Å². The molecule has 0 aromatic carbocycles. The van der Waals surface area contributed by atoms with E-state index in [4.69, 9.17) is 5.11 Å². The fourth-order valence-electron chi connectivity index (χ4n) is 3.92. The number of rotatable bonds is 4. The first-order valence-corrected chi connectivity index (χ1v) is 9.48. The molecule has 0 bridgehead atoms. The van der Waals surface area contributed by atoms with Gasteiger partial charge in [-0.25, -0.2) is 0 Å². The van der Waals surface area contributed by atoms with Crippen LogP contribution in [0, 0.1) is 17.3 Å². The molecule has 0 aliphatic carbocycles. The summed E-state index contributed by atoms with van der Waals surface area (Å²) in [7, 11) is 0. The van der Waals surface area contributed by atoms with Gasteiger partial charge in [0.2, 0.25) is 11.8 Å². The Balaban J connectivity index is 1.92. The fraction of sp³-hybridized carbons (Fsp3) is 0.842. The molecular weight excluding hydrogens is 320 g/mol. The number of carbonyl (C=O) groups is 3. The molecule has 0 radical (unpaired) electrons. The Labute approximate surface area is 150 Å². The third-order valence-corrected chi connectivity index (χ3v) is 5.30. The van der Waals surface area contributed by atoms with Crippen molar-refractivity contribution in [1.82, 2.24) is 9.80 Å². The second-order valence-corrected chi connectivity index (χ2v) is 8.57. The summed E-state index contributed by atoms with van der Waals surface area (Å²) in [5, 5.41) is 8.85. The Morgan fingerprint density at radius 2 is 1.64 bits per heavy atom. The van der Waals surface area contributed by atoms with Gasteiger partial charge in [0.15, 0.2) is 0 Å². The van der Waals surface area contributed by atoms with Crippen LogP contribution in [0.5, 0.6) is 0 Å². The minimum absolute atomic E-state index is 0.113. The van der Waals surface area contributed by atoms with Gasteiger partial charge in [0, 0.05) is 38.0 Å². The Bertz CT molecular complexity index is 512. The number of likely N-dealkylation sites (tertiary alicyclic amines) is 2. The third-order valence-electron chi connectivity index (χ3n) is 5.30. The standard InChI is InChI=1S/C19H32N2O4/c1-19(2,3)18(25)21-11-5-7-15(13-21)17(24)20-10-4-6-14(12-20)8-9-16(22)23/h14-15H,4-13H2,1-3H3,(H,22,23). The van der Waals surface area contributed by atoms with Crippen molar-refractivity contribution >= 4 is 17.8 Å². The van der Waals surface area contributed by atoms with Crippen LogP contribution in [0.25, 0.3) is 0 Å². The monoisotopic (exact) mass is 352 g/mol. The van der Waals surface area contributed by atoms with Crippen LogP contribution in [-0.4, -0.2) is 58.9 Å². The normalized spacial score (nSPS) is 24.9. The fourth-order valence-corrected chi connectivity index (χ4v) is 3.92. The Morgan fingerprint density at radius 1 is 1.00 bits per heavy atom. The van der Waals surface area contributed by atoms with Gasteiger partial charge in [0.1, 0.15) is 0 Å². The Kier molecular flexibility index (Phi) is 6.47. The summed E-state index contributed by atoms with van der Waals surface area (Å²) in [6.45, 7) is 8.42. The van der Waals surface area contributed by atoms with E-state index >= 15 is 0 Å². The number of nitrogens with zero attached hydrogens (tertiary/aromatic N) is 2. The van der Waals surface area contributed by atoms with E-state index in [2.05, 4.69) is 0 Å². The first-order valence-electron chi connectivity index (χ1n) is 9.48. The number of carboxylic acid groups (broad SMARTS) is 1. The molecule has 2 aliphatic rings. The maximum Gasteiger partial charge on any atom is 0.303 e. The first-order chi connectivity index (χ1) is 11.7. The highest BCUT2D eigenvalue weighted by Crippen LogP contribution is 2.27. The number of hydrogen-bond donors (Lipinski definition) is 1. The van der Waals surface area contributed by atoms with Gasteiger partial charge in [-0.15, -0.1) is 0 Å². The molecule has 2 heterocycles. The van der Waals surface area contributed by atoms with Crippen LogP contribution in [-0.2, 0) is 14.4 Å². The lowest BCUT2D eigenvalue weighted by atomic mass is 9.89. The molecule has 2 atom stereocenters. The van der Waals surface area contributed by atoms with Gasteiger partial charge in [0.05, 0.1) is 5.92 Å². The van der Waals surface area contributed by atoms with Crippen molar-refractivity contribution in [2.75, 3.05) is 26.2 Å². The molecule has 0 aromatic rings. The molecule has 6 nitrogen and oxygen atoms in total. The predicted octanol–water partition coefficient (Wildman–Crippen LogP) is 2.37. The van der Waals surface area contributed by atoms with Crippen molar-refractivity contribution in [3.63, 3.8) is 0 Å². The molecule has 142 valence electrons. The van der Waals surface area contributed by atoms with Gasteiger partial charge in [-0.05, 0) is 38.0 Å². The predicted molar refractivity (Wildman–Crippen MR) is 94.9 cm³/mol. The van der Waals surface area contributed by atoms with Gasteiger partial charge in [-0.1, -0.05) is 20.8 Å². The van der Waals surface area contributed by atoms with Gasteiger partial charge < -0.3 is 14.9 Å². The zero-order valence-corrected chi connectivity index (χ0v) is 15.8. The average Bonchev–Trinajstić information content (AvgIpc) is 2.58. The van der Waals surface area contributed by atoms with E-state index < -0.39 is 11.4 Å². The summed E-state index contributed by atoms with van der Waals surface area (Å²) < 4.78 is 0. The van der Waals surface area contributed by atoms with E-state index in [9.17, 15) is 14.4 Å². The van der Waals surface area contributed by atoms with Crippen LogP contribution in [0.4, 0.5) is 0 Å². The molecule has 2 saturated heterocycles. The molecule has 1 N–H and O–H groups in total. The van der Waals surface area contributed by atoms with Gasteiger partial charge in [-0.2, -0.15) is 0 Å². The summed E-state index contributed by atoms with van der Waals surface area (Å²) in [6.07, 6.45) is 4.45. The van der Waals surface area contributed by atoms with Crippen LogP contribution < -0.4 is 0 Å². The topological polar surface area (TPSA) is 77.9 Å². The molecule has 0 spiro atoms. The summed E-state index contributed by atoms with van der Waals surface area (Å²) in [4.78, 5) is 40.0. The van der Waals surface area contributed by atoms with Crippen LogP contribution in [0.3, 0.4) is 0 Å². The number of aliphatic carboxylic acids is 1. The quantitative estimate of drug-likeness (QED) is 0.842. The van der Waals surface area contributed by atoms with E-state index in [0.717, 1.165) is 38.8 Å². The maximum atomic E-state index is 12.9. The lowest BCUT2D eigenvalue weighted by Crippen LogP contribution is -2.51. The number of hydrogen-bond acceptors (Lipinski definition) is 3. The Hall–Kier alpha value is -1.59. The smallest absolute Gasteiger partial charge is 0.303 e. The SMILES string of the molecule is CC(C)(C)C(=O)N1CCCC(C(=O)N2CCCC(CCC(=O)O)C2)C1. The van der Waals surface area contributed by atoms with Crippen molar-refractivity contribution < 1.29 is 19.5 Å². The van der Waals surface area contributed by atoms with Crippen LogP contribution in [0.1, 0.15) is 59.3 Å². The third kappa shape index (κ3) is 5.44. The second kappa shape index (κ2) is 8.19. The van der Waals surface area contributed by atoms with Crippen LogP contribution in [0.2, 0.25) is 0 Å². The number of carbonyl (C=O) groups excluding carboxylic acids is 2. The summed E-state index contributed by atoms with van der Waals surface area (Å²) in [6, 6.07) is 0. The van der Waals surface area contributed by atoms with E-state index in [0.29, 0.717) is 19.5 Å². The molecule has 2 unspecified atom stereocenters. The zero-order valence-electron chi connectivity index (χ0n) is 15.8. The second-order valence-electron chi connectivity index (χ2n) is 8.57. The van der Waals surface area contributed by atoms with Crippen molar-refractivity contribution in [3.05, 3.63) is 0 Å². The highest BCUT2D eigenvalue weighted by atomic mass is 16.4. The number of carboxylic acids is 1. The maximum absolute atomic E-state index is 12.9. The number of piperidine rings is 2. The van der Waals surface area contributed by atoms with Crippen molar-refractivity contribution in [1.29, 1.82) is 0 Å². The minimum atomic E-state index is -0.771.